The van der Waals surface area contributed by atoms with Crippen LogP contribution < -0.4 is 4.90 Å². The lowest BCUT2D eigenvalue weighted by atomic mass is 9.91. The van der Waals surface area contributed by atoms with E-state index >= 15 is 0 Å². The second-order valence-corrected chi connectivity index (χ2v) is 5.46. The topological polar surface area (TPSA) is 102 Å². The van der Waals surface area contributed by atoms with Crippen LogP contribution in [0.3, 0.4) is 0 Å². The van der Waals surface area contributed by atoms with Gasteiger partial charge in [0, 0.05) is 19.6 Å². The molecule has 2 rings (SSSR count). The molecule has 1 saturated heterocycles. The van der Waals surface area contributed by atoms with Gasteiger partial charge in [-0.3, -0.25) is 14.9 Å². The Labute approximate surface area is 122 Å². The minimum Gasteiger partial charge on any atom is -0.481 e. The first-order valence-electron chi connectivity index (χ1n) is 7.06. The minimum atomic E-state index is -0.796. The first kappa shape index (κ1) is 15.3. The van der Waals surface area contributed by atoms with Crippen LogP contribution in [0, 0.1) is 16.0 Å². The Kier molecular flexibility index (Phi) is 4.15. The number of carboxylic acids is 1. The third kappa shape index (κ3) is 2.70. The van der Waals surface area contributed by atoms with E-state index in [0.29, 0.717) is 37.3 Å². The lowest BCUT2D eigenvalue weighted by Crippen LogP contribution is -2.43. The van der Waals surface area contributed by atoms with Crippen molar-refractivity contribution < 1.29 is 14.8 Å². The van der Waals surface area contributed by atoms with Gasteiger partial charge in [0.15, 0.2) is 0 Å². The highest BCUT2D eigenvalue weighted by Crippen LogP contribution is 2.36. The molecule has 1 N–H and O–H groups in total. The summed E-state index contributed by atoms with van der Waals surface area (Å²) < 4.78 is 1.54. The third-order valence-electron chi connectivity index (χ3n) is 4.08. The maximum absolute atomic E-state index is 11.4. The number of aromatic nitrogens is 2. The van der Waals surface area contributed by atoms with Crippen LogP contribution in [-0.2, 0) is 18.3 Å². The van der Waals surface area contributed by atoms with Gasteiger partial charge in [0.05, 0.1) is 10.8 Å². The average molecular weight is 296 g/mol. The number of piperidine rings is 1. The van der Waals surface area contributed by atoms with Gasteiger partial charge < -0.3 is 10.0 Å². The molecule has 1 aliphatic rings. The summed E-state index contributed by atoms with van der Waals surface area (Å²) in [6, 6.07) is -0.0707. The van der Waals surface area contributed by atoms with Crippen molar-refractivity contribution >= 4 is 17.5 Å². The molecule has 0 amide bonds. The predicted octanol–water partition coefficient (Wildman–Crippen LogP) is 1.58. The second kappa shape index (κ2) is 5.71. The molecule has 2 heterocycles. The van der Waals surface area contributed by atoms with E-state index in [4.69, 9.17) is 5.11 Å². The normalized spacial score (nSPS) is 22.3. The fourth-order valence-electron chi connectivity index (χ4n) is 3.02. The summed E-state index contributed by atoms with van der Waals surface area (Å²) >= 11 is 0. The van der Waals surface area contributed by atoms with Gasteiger partial charge >= 0.3 is 11.7 Å². The average Bonchev–Trinajstić information content (AvgIpc) is 2.75. The van der Waals surface area contributed by atoms with Gasteiger partial charge in [-0.25, -0.2) is 4.68 Å². The number of nitrogens with zero attached hydrogens (tertiary/aromatic N) is 4. The van der Waals surface area contributed by atoms with E-state index in [1.54, 1.807) is 7.05 Å². The highest BCUT2D eigenvalue weighted by molar-refractivity contribution is 5.71. The van der Waals surface area contributed by atoms with Crippen molar-refractivity contribution in [3.05, 3.63) is 15.8 Å². The van der Waals surface area contributed by atoms with Crippen LogP contribution in [0.15, 0.2) is 0 Å². The Morgan fingerprint density at radius 1 is 1.57 bits per heavy atom. The van der Waals surface area contributed by atoms with Crippen molar-refractivity contribution in [3.8, 4) is 0 Å². The van der Waals surface area contributed by atoms with Crippen molar-refractivity contribution in [3.63, 3.8) is 0 Å². The molecule has 0 aromatic carbocycles. The molecule has 2 atom stereocenters. The largest absolute Gasteiger partial charge is 0.481 e. The molecule has 0 saturated carbocycles. The monoisotopic (exact) mass is 296 g/mol. The molecule has 8 heteroatoms. The molecule has 0 bridgehead atoms. The van der Waals surface area contributed by atoms with E-state index in [0.717, 1.165) is 0 Å². The summed E-state index contributed by atoms with van der Waals surface area (Å²) in [5.74, 6) is -0.697. The number of carbonyl (C=O) groups is 1. The predicted molar refractivity (Wildman–Crippen MR) is 76.4 cm³/mol. The van der Waals surface area contributed by atoms with Crippen molar-refractivity contribution in [2.75, 3.05) is 11.4 Å². The van der Waals surface area contributed by atoms with Crippen molar-refractivity contribution in [1.29, 1.82) is 0 Å². The highest BCUT2D eigenvalue weighted by atomic mass is 16.6. The molecule has 0 aliphatic carbocycles. The summed E-state index contributed by atoms with van der Waals surface area (Å²) in [5, 5.41) is 24.7. The molecular weight excluding hydrogens is 276 g/mol. The van der Waals surface area contributed by atoms with E-state index in [1.165, 1.54) is 4.68 Å². The number of nitro groups is 1. The zero-order chi connectivity index (χ0) is 15.7. The first-order chi connectivity index (χ1) is 9.86. The number of hydrogen-bond acceptors (Lipinski definition) is 5. The molecule has 2 unspecified atom stereocenters. The summed E-state index contributed by atoms with van der Waals surface area (Å²) in [6.45, 7) is 4.22. The number of aryl methyl sites for hydroxylation is 2. The molecule has 1 aromatic heterocycles. The standard InChI is InChI=1S/C13H20N4O4/c1-4-10-11(17(20)21)12(15(3)14-10)16-6-5-9(13(18)19)7-8(16)2/h8-9H,4-7H2,1-3H3,(H,18,19). The smallest absolute Gasteiger partial charge is 0.334 e. The quantitative estimate of drug-likeness (QED) is 0.668. The number of aliphatic carboxylic acids is 1. The van der Waals surface area contributed by atoms with Crippen LogP contribution in [-0.4, -0.2) is 38.4 Å². The van der Waals surface area contributed by atoms with Gasteiger partial charge in [0.2, 0.25) is 5.82 Å². The van der Waals surface area contributed by atoms with E-state index in [2.05, 4.69) is 5.10 Å². The molecule has 1 aromatic rings. The Morgan fingerprint density at radius 2 is 2.24 bits per heavy atom. The summed E-state index contributed by atoms with van der Waals surface area (Å²) in [7, 11) is 1.69. The Morgan fingerprint density at radius 3 is 2.71 bits per heavy atom. The zero-order valence-corrected chi connectivity index (χ0v) is 12.4. The molecule has 116 valence electrons. The van der Waals surface area contributed by atoms with Crippen LogP contribution in [0.5, 0.6) is 0 Å². The van der Waals surface area contributed by atoms with Crippen molar-refractivity contribution in [2.24, 2.45) is 13.0 Å². The summed E-state index contributed by atoms with van der Waals surface area (Å²) in [5.41, 5.74) is 0.505. The van der Waals surface area contributed by atoms with E-state index in [1.807, 2.05) is 18.7 Å². The van der Waals surface area contributed by atoms with Gasteiger partial charge in [-0.2, -0.15) is 5.10 Å². The lowest BCUT2D eigenvalue weighted by molar-refractivity contribution is -0.384. The molecule has 0 spiro atoms. The zero-order valence-electron chi connectivity index (χ0n) is 12.4. The molecule has 8 nitrogen and oxygen atoms in total. The van der Waals surface area contributed by atoms with E-state index < -0.39 is 10.9 Å². The number of hydrogen-bond donors (Lipinski definition) is 1. The van der Waals surface area contributed by atoms with Gasteiger partial charge in [0.25, 0.3) is 0 Å². The SMILES string of the molecule is CCc1nn(C)c(N2CCC(C(=O)O)CC2C)c1[N+](=O)[O-]. The lowest BCUT2D eigenvalue weighted by Gasteiger charge is -2.36. The molecular formula is C13H20N4O4. The number of carboxylic acid groups (broad SMARTS) is 1. The third-order valence-corrected chi connectivity index (χ3v) is 4.08. The van der Waals surface area contributed by atoms with Crippen LogP contribution in [0.25, 0.3) is 0 Å². The molecule has 1 fully saturated rings. The number of rotatable bonds is 4. The van der Waals surface area contributed by atoms with Gasteiger partial charge in [-0.05, 0) is 26.2 Å². The fraction of sp³-hybridized carbons (Fsp3) is 0.692. The Bertz CT molecular complexity index is 569. The molecule has 1 aliphatic heterocycles. The first-order valence-corrected chi connectivity index (χ1v) is 7.06. The highest BCUT2D eigenvalue weighted by Gasteiger charge is 2.36. The van der Waals surface area contributed by atoms with Gasteiger partial charge in [0.1, 0.15) is 5.69 Å². The maximum atomic E-state index is 11.4. The molecule has 0 radical (unpaired) electrons. The Hall–Kier alpha value is -2.12. The second-order valence-electron chi connectivity index (χ2n) is 5.46. The molecule has 21 heavy (non-hydrogen) atoms. The maximum Gasteiger partial charge on any atom is 0.334 e. The van der Waals surface area contributed by atoms with E-state index in [9.17, 15) is 14.9 Å². The van der Waals surface area contributed by atoms with Crippen LogP contribution in [0.1, 0.15) is 32.4 Å². The summed E-state index contributed by atoms with van der Waals surface area (Å²) in [6.07, 6.45) is 1.46. The van der Waals surface area contributed by atoms with Crippen molar-refractivity contribution in [2.45, 2.75) is 39.2 Å². The van der Waals surface area contributed by atoms with Crippen LogP contribution in [0.4, 0.5) is 11.5 Å². The summed E-state index contributed by atoms with van der Waals surface area (Å²) in [4.78, 5) is 24.0. The number of anilines is 1. The Balaban J connectivity index is 2.36. The van der Waals surface area contributed by atoms with Crippen LogP contribution in [0.2, 0.25) is 0 Å². The van der Waals surface area contributed by atoms with Gasteiger partial charge in [-0.1, -0.05) is 6.92 Å². The van der Waals surface area contributed by atoms with Crippen LogP contribution >= 0.6 is 0 Å². The van der Waals surface area contributed by atoms with E-state index in [-0.39, 0.29) is 17.6 Å². The fourth-order valence-corrected chi connectivity index (χ4v) is 3.02. The van der Waals surface area contributed by atoms with Gasteiger partial charge in [-0.15, -0.1) is 0 Å². The minimum absolute atomic E-state index is 0.0422. The van der Waals surface area contributed by atoms with Crippen molar-refractivity contribution in [1.82, 2.24) is 9.78 Å².